The second-order valence-electron chi connectivity index (χ2n) is 5.34. The Labute approximate surface area is 99.3 Å². The molecule has 0 unspecified atom stereocenters. The van der Waals surface area contributed by atoms with Crippen LogP contribution in [-0.2, 0) is 7.05 Å². The molecule has 0 atom stereocenters. The normalized spacial score (nSPS) is 11.8. The molecule has 0 fully saturated rings. The largest absolute Gasteiger partial charge is 0.355 e. The summed E-state index contributed by atoms with van der Waals surface area (Å²) in [6.45, 7) is 7.87. The number of hydrogen-bond donors (Lipinski definition) is 1. The number of imidazole rings is 1. The number of rotatable bonds is 7. The molecule has 16 heavy (non-hydrogen) atoms. The Balaban J connectivity index is 2.33. The van der Waals surface area contributed by atoms with E-state index in [4.69, 9.17) is 0 Å². The van der Waals surface area contributed by atoms with Crippen LogP contribution in [0.25, 0.3) is 0 Å². The summed E-state index contributed by atoms with van der Waals surface area (Å²) in [5.74, 6) is 0.962. The van der Waals surface area contributed by atoms with Crippen LogP contribution in [0.5, 0.6) is 0 Å². The van der Waals surface area contributed by atoms with Gasteiger partial charge in [-0.3, -0.25) is 0 Å². The molecule has 0 radical (unpaired) electrons. The predicted octanol–water partition coefficient (Wildman–Crippen LogP) is 3.44. The van der Waals surface area contributed by atoms with Crippen LogP contribution in [0.4, 0.5) is 5.95 Å². The molecular weight excluding hydrogens is 198 g/mol. The zero-order chi connectivity index (χ0) is 12.0. The molecule has 92 valence electrons. The third-order valence-electron chi connectivity index (χ3n) is 3.00. The highest BCUT2D eigenvalue weighted by Gasteiger charge is 2.17. The smallest absolute Gasteiger partial charge is 0.202 e. The first kappa shape index (κ1) is 13.1. The zero-order valence-corrected chi connectivity index (χ0v) is 11.1. The van der Waals surface area contributed by atoms with Crippen LogP contribution >= 0.6 is 0 Å². The van der Waals surface area contributed by atoms with Gasteiger partial charge in [0, 0.05) is 26.0 Å². The lowest BCUT2D eigenvalue weighted by Gasteiger charge is -2.25. The summed E-state index contributed by atoms with van der Waals surface area (Å²) in [5, 5.41) is 3.41. The molecule has 0 aromatic carbocycles. The standard InChI is InChI=1S/C13H25N3/c1-5-6-7-8-13(2,3)11-15-12-14-9-10-16(12)4/h9-10H,5-8,11H2,1-4H3,(H,14,15). The molecule has 1 aromatic rings. The summed E-state index contributed by atoms with van der Waals surface area (Å²) in [6.07, 6.45) is 9.03. The lowest BCUT2D eigenvalue weighted by molar-refractivity contribution is 0.341. The Morgan fingerprint density at radius 1 is 1.38 bits per heavy atom. The van der Waals surface area contributed by atoms with E-state index >= 15 is 0 Å². The maximum Gasteiger partial charge on any atom is 0.202 e. The minimum Gasteiger partial charge on any atom is -0.355 e. The minimum atomic E-state index is 0.348. The van der Waals surface area contributed by atoms with E-state index in [2.05, 4.69) is 31.1 Å². The number of hydrogen-bond acceptors (Lipinski definition) is 2. The van der Waals surface area contributed by atoms with Gasteiger partial charge in [0.2, 0.25) is 5.95 Å². The molecular formula is C13H25N3. The lowest BCUT2D eigenvalue weighted by Crippen LogP contribution is -2.24. The maximum absolute atomic E-state index is 4.27. The summed E-state index contributed by atoms with van der Waals surface area (Å²) < 4.78 is 2.02. The first-order valence-electron chi connectivity index (χ1n) is 6.26. The van der Waals surface area contributed by atoms with Gasteiger partial charge in [-0.2, -0.15) is 0 Å². The zero-order valence-electron chi connectivity index (χ0n) is 11.1. The van der Waals surface area contributed by atoms with E-state index in [1.54, 1.807) is 0 Å². The summed E-state index contributed by atoms with van der Waals surface area (Å²) in [7, 11) is 2.01. The molecule has 1 rings (SSSR count). The van der Waals surface area contributed by atoms with Crippen molar-refractivity contribution in [2.24, 2.45) is 12.5 Å². The van der Waals surface area contributed by atoms with Crippen molar-refractivity contribution in [3.05, 3.63) is 12.4 Å². The van der Waals surface area contributed by atoms with Crippen LogP contribution < -0.4 is 5.32 Å². The van der Waals surface area contributed by atoms with Crippen LogP contribution in [0.2, 0.25) is 0 Å². The fourth-order valence-electron chi connectivity index (χ4n) is 1.80. The van der Waals surface area contributed by atoms with E-state index in [1.807, 2.05) is 24.0 Å². The van der Waals surface area contributed by atoms with Crippen molar-refractivity contribution in [3.63, 3.8) is 0 Å². The molecule has 0 saturated carbocycles. The third-order valence-corrected chi connectivity index (χ3v) is 3.00. The molecule has 0 aliphatic rings. The Morgan fingerprint density at radius 3 is 2.69 bits per heavy atom. The number of anilines is 1. The second-order valence-corrected chi connectivity index (χ2v) is 5.34. The van der Waals surface area contributed by atoms with E-state index < -0.39 is 0 Å². The highest BCUT2D eigenvalue weighted by atomic mass is 15.2. The Bertz CT molecular complexity index is 302. The van der Waals surface area contributed by atoms with Gasteiger partial charge >= 0.3 is 0 Å². The predicted molar refractivity (Wildman–Crippen MR) is 69.6 cm³/mol. The van der Waals surface area contributed by atoms with Crippen molar-refractivity contribution in [2.75, 3.05) is 11.9 Å². The van der Waals surface area contributed by atoms with Crippen molar-refractivity contribution in [2.45, 2.75) is 46.5 Å². The topological polar surface area (TPSA) is 29.9 Å². The molecule has 1 N–H and O–H groups in total. The van der Waals surface area contributed by atoms with Crippen molar-refractivity contribution in [3.8, 4) is 0 Å². The number of aromatic nitrogens is 2. The molecule has 0 bridgehead atoms. The summed E-state index contributed by atoms with van der Waals surface area (Å²) >= 11 is 0. The molecule has 0 saturated heterocycles. The Hall–Kier alpha value is -0.990. The van der Waals surface area contributed by atoms with Crippen LogP contribution in [0, 0.1) is 5.41 Å². The molecule has 0 aliphatic carbocycles. The van der Waals surface area contributed by atoms with Gasteiger partial charge in [0.05, 0.1) is 0 Å². The van der Waals surface area contributed by atoms with Gasteiger partial charge in [-0.05, 0) is 11.8 Å². The number of nitrogens with one attached hydrogen (secondary N) is 1. The lowest BCUT2D eigenvalue weighted by atomic mass is 9.87. The molecule has 0 amide bonds. The third kappa shape index (κ3) is 4.25. The Morgan fingerprint density at radius 2 is 2.12 bits per heavy atom. The van der Waals surface area contributed by atoms with Crippen molar-refractivity contribution in [1.29, 1.82) is 0 Å². The van der Waals surface area contributed by atoms with Gasteiger partial charge in [0.15, 0.2) is 0 Å². The minimum absolute atomic E-state index is 0.348. The Kier molecular flexibility index (Phi) is 4.84. The first-order valence-corrected chi connectivity index (χ1v) is 6.26. The fraction of sp³-hybridized carbons (Fsp3) is 0.769. The van der Waals surface area contributed by atoms with Crippen LogP contribution in [-0.4, -0.2) is 16.1 Å². The van der Waals surface area contributed by atoms with Crippen molar-refractivity contribution in [1.82, 2.24) is 9.55 Å². The highest BCUT2D eigenvalue weighted by molar-refractivity contribution is 5.25. The van der Waals surface area contributed by atoms with E-state index in [1.165, 1.54) is 25.7 Å². The second kappa shape index (κ2) is 5.92. The molecule has 1 heterocycles. The number of unbranched alkanes of at least 4 members (excludes halogenated alkanes) is 2. The average molecular weight is 223 g/mol. The van der Waals surface area contributed by atoms with E-state index in [-0.39, 0.29) is 0 Å². The van der Waals surface area contributed by atoms with E-state index in [0.29, 0.717) is 5.41 Å². The van der Waals surface area contributed by atoms with Gasteiger partial charge in [0.25, 0.3) is 0 Å². The summed E-state index contributed by atoms with van der Waals surface area (Å²) in [4.78, 5) is 4.27. The molecule has 3 heteroatoms. The number of nitrogens with zero attached hydrogens (tertiary/aromatic N) is 2. The van der Waals surface area contributed by atoms with Gasteiger partial charge in [-0.15, -0.1) is 0 Å². The van der Waals surface area contributed by atoms with Crippen LogP contribution in [0.3, 0.4) is 0 Å². The molecule has 3 nitrogen and oxygen atoms in total. The van der Waals surface area contributed by atoms with Gasteiger partial charge in [0.1, 0.15) is 0 Å². The van der Waals surface area contributed by atoms with Crippen molar-refractivity contribution >= 4 is 5.95 Å². The maximum atomic E-state index is 4.27. The summed E-state index contributed by atoms with van der Waals surface area (Å²) in [5.41, 5.74) is 0.348. The van der Waals surface area contributed by atoms with E-state index in [0.717, 1.165) is 12.5 Å². The molecule has 0 aliphatic heterocycles. The van der Waals surface area contributed by atoms with Crippen LogP contribution in [0.15, 0.2) is 12.4 Å². The summed E-state index contributed by atoms with van der Waals surface area (Å²) in [6, 6.07) is 0. The molecule has 0 spiro atoms. The van der Waals surface area contributed by atoms with E-state index in [9.17, 15) is 0 Å². The van der Waals surface area contributed by atoms with Gasteiger partial charge in [-0.1, -0.05) is 40.0 Å². The van der Waals surface area contributed by atoms with Gasteiger partial charge in [-0.25, -0.2) is 4.98 Å². The average Bonchev–Trinajstić information content (AvgIpc) is 2.62. The highest BCUT2D eigenvalue weighted by Crippen LogP contribution is 2.23. The van der Waals surface area contributed by atoms with Gasteiger partial charge < -0.3 is 9.88 Å². The van der Waals surface area contributed by atoms with Crippen LogP contribution in [0.1, 0.15) is 46.5 Å². The van der Waals surface area contributed by atoms with Crippen molar-refractivity contribution < 1.29 is 0 Å². The SMILES string of the molecule is CCCCCC(C)(C)CNc1nccn1C. The quantitative estimate of drug-likeness (QED) is 0.718. The first-order chi connectivity index (χ1) is 7.55. The molecule has 1 aromatic heterocycles. The monoisotopic (exact) mass is 223 g/mol. The number of aryl methyl sites for hydroxylation is 1. The fourth-order valence-corrected chi connectivity index (χ4v) is 1.80.